The number of carbonyl (C=O) groups is 1. The first-order chi connectivity index (χ1) is 15.4. The lowest BCUT2D eigenvalue weighted by molar-refractivity contribution is -0.170. The Morgan fingerprint density at radius 1 is 1.09 bits per heavy atom. The largest absolute Gasteiger partial charge is 0.459 e. The summed E-state index contributed by atoms with van der Waals surface area (Å²) in [5.41, 5.74) is 1.41. The molecule has 0 aliphatic rings. The van der Waals surface area contributed by atoms with E-state index in [0.717, 1.165) is 36.2 Å². The van der Waals surface area contributed by atoms with Gasteiger partial charge in [0.15, 0.2) is 0 Å². The number of hydrogen-bond acceptors (Lipinski definition) is 6. The van der Waals surface area contributed by atoms with Gasteiger partial charge >= 0.3 is 5.97 Å². The number of hydrogen-bond donors (Lipinski definition) is 0. The van der Waals surface area contributed by atoms with Crippen LogP contribution in [0, 0.1) is 11.8 Å². The van der Waals surface area contributed by atoms with E-state index < -0.39 is 34.2 Å². The minimum Gasteiger partial charge on any atom is -0.459 e. The zero-order chi connectivity index (χ0) is 24.6. The summed E-state index contributed by atoms with van der Waals surface area (Å²) in [5, 5.41) is 0. The van der Waals surface area contributed by atoms with Crippen molar-refractivity contribution in [2.75, 3.05) is 6.54 Å². The molecular weight excluding hydrogens is 458 g/mol. The molecule has 0 fully saturated rings. The Morgan fingerprint density at radius 3 is 2.33 bits per heavy atom. The average molecular weight is 492 g/mol. The number of hydroxylamine groups is 1. The van der Waals surface area contributed by atoms with Gasteiger partial charge in [-0.3, -0.25) is 9.63 Å². The molecule has 0 spiro atoms. The Morgan fingerprint density at radius 2 is 1.76 bits per heavy atom. The highest BCUT2D eigenvalue weighted by atomic mass is 32.2. The van der Waals surface area contributed by atoms with E-state index >= 15 is 0 Å². The second-order valence-corrected chi connectivity index (χ2v) is 12.0. The predicted octanol–water partition coefficient (Wildman–Crippen LogP) is 5.16. The fraction of sp³-hybridized carbons (Fsp3) is 0.480. The van der Waals surface area contributed by atoms with E-state index in [9.17, 15) is 13.2 Å². The molecular formula is C25H33NO5S2. The van der Waals surface area contributed by atoms with Crippen molar-refractivity contribution >= 4 is 27.3 Å². The molecule has 8 heteroatoms. The molecule has 0 unspecified atom stereocenters. The van der Waals surface area contributed by atoms with Gasteiger partial charge in [0.25, 0.3) is 10.0 Å². The monoisotopic (exact) mass is 491 g/mol. The van der Waals surface area contributed by atoms with E-state index in [1.807, 2.05) is 12.1 Å². The van der Waals surface area contributed by atoms with Crippen LogP contribution in [0.2, 0.25) is 0 Å². The maximum Gasteiger partial charge on any atom is 0.324 e. The fourth-order valence-corrected chi connectivity index (χ4v) is 5.32. The van der Waals surface area contributed by atoms with Crippen LogP contribution < -0.4 is 0 Å². The molecule has 0 bridgehead atoms. The lowest BCUT2D eigenvalue weighted by Gasteiger charge is -2.25. The van der Waals surface area contributed by atoms with Crippen LogP contribution in [0.15, 0.2) is 40.6 Å². The topological polar surface area (TPSA) is 72.9 Å². The molecule has 0 aliphatic heterocycles. The van der Waals surface area contributed by atoms with Gasteiger partial charge < -0.3 is 4.74 Å². The zero-order valence-corrected chi connectivity index (χ0v) is 21.8. The summed E-state index contributed by atoms with van der Waals surface area (Å²) in [6, 6.07) is 11.2. The first-order valence-electron chi connectivity index (χ1n) is 11.0. The van der Waals surface area contributed by atoms with E-state index in [-0.39, 0.29) is 4.21 Å². The number of rotatable bonds is 9. The van der Waals surface area contributed by atoms with Crippen LogP contribution in [0.25, 0.3) is 0 Å². The highest BCUT2D eigenvalue weighted by Crippen LogP contribution is 2.25. The third-order valence-electron chi connectivity index (χ3n) is 4.21. The Balaban J connectivity index is 2.18. The first kappa shape index (κ1) is 27.1. The van der Waals surface area contributed by atoms with Crippen molar-refractivity contribution < 1.29 is 22.8 Å². The van der Waals surface area contributed by atoms with Crippen molar-refractivity contribution in [1.29, 1.82) is 0 Å². The van der Waals surface area contributed by atoms with Crippen molar-refractivity contribution in [2.24, 2.45) is 0 Å². The lowest BCUT2D eigenvalue weighted by atomic mass is 10.1. The van der Waals surface area contributed by atoms with Gasteiger partial charge in [0, 0.05) is 5.56 Å². The molecule has 1 aromatic carbocycles. The third-order valence-corrected chi connectivity index (χ3v) is 7.29. The molecule has 0 amide bonds. The van der Waals surface area contributed by atoms with Gasteiger partial charge in [-0.25, -0.2) is 8.42 Å². The van der Waals surface area contributed by atoms with Crippen molar-refractivity contribution in [1.82, 2.24) is 4.47 Å². The maximum absolute atomic E-state index is 13.1. The summed E-state index contributed by atoms with van der Waals surface area (Å²) >= 11 is 1.03. The van der Waals surface area contributed by atoms with Crippen LogP contribution in [0.1, 0.15) is 70.4 Å². The maximum atomic E-state index is 13.1. The number of aryl methyl sites for hydroxylation is 1. The van der Waals surface area contributed by atoms with Crippen LogP contribution >= 0.6 is 11.3 Å². The van der Waals surface area contributed by atoms with E-state index in [1.165, 1.54) is 11.6 Å². The Hall–Kier alpha value is -2.18. The van der Waals surface area contributed by atoms with E-state index in [1.54, 1.807) is 40.7 Å². The van der Waals surface area contributed by atoms with E-state index in [2.05, 4.69) is 30.9 Å². The summed E-state index contributed by atoms with van der Waals surface area (Å²) in [4.78, 5) is 18.3. The smallest absolute Gasteiger partial charge is 0.324 e. The molecule has 0 aliphatic carbocycles. The molecule has 1 heterocycles. The van der Waals surface area contributed by atoms with Crippen molar-refractivity contribution in [3.63, 3.8) is 0 Å². The average Bonchev–Trinajstić information content (AvgIpc) is 3.19. The van der Waals surface area contributed by atoms with E-state index in [0.29, 0.717) is 9.35 Å². The molecule has 2 rings (SSSR count). The molecule has 6 nitrogen and oxygen atoms in total. The van der Waals surface area contributed by atoms with Gasteiger partial charge in [0.1, 0.15) is 16.4 Å². The van der Waals surface area contributed by atoms with Gasteiger partial charge in [-0.1, -0.05) is 41.8 Å². The molecule has 33 heavy (non-hydrogen) atoms. The second kappa shape index (κ2) is 11.8. The minimum absolute atomic E-state index is 0.0472. The number of esters is 1. The van der Waals surface area contributed by atoms with Crippen LogP contribution in [-0.4, -0.2) is 37.1 Å². The second-order valence-electron chi connectivity index (χ2n) is 8.88. The summed E-state index contributed by atoms with van der Waals surface area (Å²) in [6.45, 7) is 10.2. The van der Waals surface area contributed by atoms with Crippen LogP contribution in [0.3, 0.4) is 0 Å². The van der Waals surface area contributed by atoms with Crippen LogP contribution in [-0.2, 0) is 30.8 Å². The molecule has 0 atom stereocenters. The fourth-order valence-electron chi connectivity index (χ4n) is 2.79. The molecule has 0 saturated heterocycles. The number of sulfonamides is 1. The number of benzene rings is 1. The summed E-state index contributed by atoms with van der Waals surface area (Å²) in [6.07, 6.45) is 2.92. The van der Waals surface area contributed by atoms with Gasteiger partial charge in [0.05, 0.1) is 11.0 Å². The number of carbonyl (C=O) groups excluding carboxylic acids is 1. The van der Waals surface area contributed by atoms with Gasteiger partial charge in [0.2, 0.25) is 0 Å². The highest BCUT2D eigenvalue weighted by molar-refractivity contribution is 7.91. The standard InChI is InChI=1S/C25H33NO5S2/c1-7-8-9-20-10-12-21(13-11-20)14-15-22-16-17-24(32-22)33(28,29)26(31-19(2)3)18-23(27)30-25(4,5)6/h10-13,16-17,19H,7-9,18H2,1-6H3. The molecule has 1 aromatic heterocycles. The summed E-state index contributed by atoms with van der Waals surface area (Å²) in [7, 11) is -4.06. The Kier molecular flexibility index (Phi) is 9.68. The molecule has 0 radical (unpaired) electrons. The van der Waals surface area contributed by atoms with Gasteiger partial charge in [-0.05, 0) is 77.3 Å². The van der Waals surface area contributed by atoms with E-state index in [4.69, 9.17) is 9.57 Å². The normalized spacial score (nSPS) is 12.0. The van der Waals surface area contributed by atoms with Crippen molar-refractivity contribution in [3.8, 4) is 11.8 Å². The predicted molar refractivity (Wildman–Crippen MR) is 131 cm³/mol. The number of ether oxygens (including phenoxy) is 1. The Bertz CT molecular complexity index is 1080. The van der Waals surface area contributed by atoms with Crippen LogP contribution in [0.4, 0.5) is 0 Å². The van der Waals surface area contributed by atoms with Crippen molar-refractivity contribution in [2.45, 2.75) is 76.7 Å². The number of unbranched alkanes of at least 4 members (excludes halogenated alkanes) is 1. The number of nitrogens with zero attached hydrogens (tertiary/aromatic N) is 1. The lowest BCUT2D eigenvalue weighted by Crippen LogP contribution is -2.39. The number of thiophene rings is 1. The van der Waals surface area contributed by atoms with Gasteiger partial charge in [-0.2, -0.15) is 0 Å². The molecule has 180 valence electrons. The summed E-state index contributed by atoms with van der Waals surface area (Å²) < 4.78 is 32.3. The quantitative estimate of drug-likeness (QED) is 0.275. The van der Waals surface area contributed by atoms with Crippen LogP contribution in [0.5, 0.6) is 0 Å². The van der Waals surface area contributed by atoms with Gasteiger partial charge in [-0.15, -0.1) is 11.3 Å². The zero-order valence-electron chi connectivity index (χ0n) is 20.2. The Labute approximate surface area is 201 Å². The first-order valence-corrected chi connectivity index (χ1v) is 13.3. The molecule has 0 N–H and O–H groups in total. The van der Waals surface area contributed by atoms with Crippen molar-refractivity contribution in [3.05, 3.63) is 52.4 Å². The molecule has 2 aromatic rings. The summed E-state index contributed by atoms with van der Waals surface area (Å²) in [5.74, 6) is 5.41. The third kappa shape index (κ3) is 8.94. The molecule has 0 saturated carbocycles. The SMILES string of the molecule is CCCCc1ccc(C#Cc2ccc(S(=O)(=O)N(CC(=O)OC(C)(C)C)OC(C)C)s2)cc1. The highest BCUT2D eigenvalue weighted by Gasteiger charge is 2.32. The minimum atomic E-state index is -4.06.